The number of hydrogen-bond acceptors (Lipinski definition) is 6. The number of methoxy groups -OCH3 is 1. The van der Waals surface area contributed by atoms with Gasteiger partial charge in [0.25, 0.3) is 0 Å². The Morgan fingerprint density at radius 3 is 2.75 bits per heavy atom. The highest BCUT2D eigenvalue weighted by Crippen LogP contribution is 2.39. The molecule has 3 aromatic rings. The third-order valence-corrected chi connectivity index (χ3v) is 4.15. The summed E-state index contributed by atoms with van der Waals surface area (Å²) in [5.41, 5.74) is 2.01. The Kier molecular flexibility index (Phi) is 3.68. The van der Waals surface area contributed by atoms with Crippen molar-refractivity contribution in [2.24, 2.45) is 0 Å². The predicted octanol–water partition coefficient (Wildman–Crippen LogP) is 3.31. The smallest absolute Gasteiger partial charge is 0.315 e. The molecule has 0 saturated heterocycles. The fourth-order valence-corrected chi connectivity index (χ4v) is 2.49. The van der Waals surface area contributed by atoms with E-state index >= 15 is 0 Å². The number of ether oxygens (including phenoxy) is 1. The summed E-state index contributed by atoms with van der Waals surface area (Å²) >= 11 is 0. The second-order valence-corrected chi connectivity index (χ2v) is 6.00. The largest absolute Gasteiger partial charge is 0.497 e. The topological polar surface area (TPSA) is 78.0 Å². The van der Waals surface area contributed by atoms with E-state index in [1.807, 2.05) is 48.3 Å². The Morgan fingerprint density at radius 2 is 2.04 bits per heavy atom. The second-order valence-electron chi connectivity index (χ2n) is 6.00. The maximum atomic E-state index is 5.64. The lowest BCUT2D eigenvalue weighted by atomic mass is 10.2. The Labute approximate surface area is 139 Å². The van der Waals surface area contributed by atoms with Crippen LogP contribution in [0.1, 0.15) is 43.2 Å². The van der Waals surface area contributed by atoms with Crippen LogP contribution in [0.2, 0.25) is 0 Å². The van der Waals surface area contributed by atoms with Gasteiger partial charge < -0.3 is 14.5 Å². The van der Waals surface area contributed by atoms with Crippen molar-refractivity contribution in [3.05, 3.63) is 48.1 Å². The van der Waals surface area contributed by atoms with Gasteiger partial charge in [-0.25, -0.2) is 4.68 Å². The fraction of sp³-hybridized carbons (Fsp3) is 0.353. The zero-order valence-electron chi connectivity index (χ0n) is 13.6. The van der Waals surface area contributed by atoms with Gasteiger partial charge in [0.2, 0.25) is 5.89 Å². The lowest BCUT2D eigenvalue weighted by Crippen LogP contribution is -2.06. The number of benzene rings is 1. The molecular formula is C17H19N5O2. The van der Waals surface area contributed by atoms with Gasteiger partial charge in [-0.3, -0.25) is 0 Å². The summed E-state index contributed by atoms with van der Waals surface area (Å²) in [5.74, 6) is 2.02. The van der Waals surface area contributed by atoms with Crippen molar-refractivity contribution in [3.63, 3.8) is 0 Å². The molecule has 1 N–H and O–H groups in total. The van der Waals surface area contributed by atoms with E-state index < -0.39 is 0 Å². The molecule has 0 aliphatic heterocycles. The van der Waals surface area contributed by atoms with Gasteiger partial charge in [-0.05, 0) is 44.0 Å². The van der Waals surface area contributed by atoms with Crippen LogP contribution in [0.5, 0.6) is 5.75 Å². The molecule has 1 aliphatic rings. The number of hydrogen-bond donors (Lipinski definition) is 1. The van der Waals surface area contributed by atoms with E-state index in [9.17, 15) is 0 Å². The second kappa shape index (κ2) is 5.99. The maximum Gasteiger partial charge on any atom is 0.315 e. The zero-order valence-corrected chi connectivity index (χ0v) is 13.6. The van der Waals surface area contributed by atoms with Crippen LogP contribution in [0.3, 0.4) is 0 Å². The summed E-state index contributed by atoms with van der Waals surface area (Å²) in [4.78, 5) is 0. The van der Waals surface area contributed by atoms with Crippen LogP contribution in [0.25, 0.3) is 5.69 Å². The summed E-state index contributed by atoms with van der Waals surface area (Å²) < 4.78 is 12.6. The van der Waals surface area contributed by atoms with Crippen LogP contribution in [0.15, 0.2) is 41.1 Å². The van der Waals surface area contributed by atoms with Crippen LogP contribution in [0.4, 0.5) is 6.01 Å². The van der Waals surface area contributed by atoms with Crippen LogP contribution in [0, 0.1) is 0 Å². The van der Waals surface area contributed by atoms with Crippen LogP contribution in [-0.4, -0.2) is 27.1 Å². The first-order valence-electron chi connectivity index (χ1n) is 8.02. The summed E-state index contributed by atoms with van der Waals surface area (Å²) in [6.45, 7) is 2.04. The molecule has 7 heteroatoms. The van der Waals surface area contributed by atoms with Gasteiger partial charge >= 0.3 is 6.01 Å². The molecule has 1 aromatic carbocycles. The van der Waals surface area contributed by atoms with Crippen LogP contribution < -0.4 is 10.1 Å². The molecule has 2 heterocycles. The minimum atomic E-state index is 0.0181. The minimum Gasteiger partial charge on any atom is -0.497 e. The average Bonchev–Trinajstić information content (AvgIpc) is 3.16. The first kappa shape index (κ1) is 14.7. The molecule has 0 radical (unpaired) electrons. The van der Waals surface area contributed by atoms with Gasteiger partial charge in [-0.2, -0.15) is 5.10 Å². The quantitative estimate of drug-likeness (QED) is 0.749. The third-order valence-electron chi connectivity index (χ3n) is 4.15. The summed E-state index contributed by atoms with van der Waals surface area (Å²) in [7, 11) is 1.65. The van der Waals surface area contributed by atoms with Crippen molar-refractivity contribution in [1.29, 1.82) is 0 Å². The third kappa shape index (κ3) is 2.97. The average molecular weight is 325 g/mol. The van der Waals surface area contributed by atoms with E-state index in [1.54, 1.807) is 7.11 Å². The Balaban J connectivity index is 1.46. The van der Waals surface area contributed by atoms with E-state index in [2.05, 4.69) is 20.6 Å². The minimum absolute atomic E-state index is 0.0181. The van der Waals surface area contributed by atoms with Crippen molar-refractivity contribution < 1.29 is 9.15 Å². The van der Waals surface area contributed by atoms with Gasteiger partial charge in [-0.1, -0.05) is 5.10 Å². The van der Waals surface area contributed by atoms with E-state index in [4.69, 9.17) is 9.15 Å². The number of anilines is 1. The van der Waals surface area contributed by atoms with Gasteiger partial charge in [0.05, 0.1) is 25.0 Å². The van der Waals surface area contributed by atoms with Crippen LogP contribution in [-0.2, 0) is 0 Å². The van der Waals surface area contributed by atoms with Crippen molar-refractivity contribution in [1.82, 2.24) is 20.0 Å². The molecule has 1 saturated carbocycles. The summed E-state index contributed by atoms with van der Waals surface area (Å²) in [6, 6.07) is 8.24. The Hall–Kier alpha value is -2.83. The van der Waals surface area contributed by atoms with E-state index in [0.29, 0.717) is 11.9 Å². The lowest BCUT2D eigenvalue weighted by Gasteiger charge is -2.09. The van der Waals surface area contributed by atoms with Gasteiger partial charge in [0.1, 0.15) is 5.75 Å². The molecule has 0 unspecified atom stereocenters. The van der Waals surface area contributed by atoms with Gasteiger partial charge in [-0.15, -0.1) is 5.10 Å². The molecule has 0 amide bonds. The zero-order chi connectivity index (χ0) is 16.5. The first-order chi connectivity index (χ1) is 11.7. The number of aromatic nitrogens is 4. The van der Waals surface area contributed by atoms with Gasteiger partial charge in [0, 0.05) is 17.7 Å². The highest BCUT2D eigenvalue weighted by atomic mass is 16.5. The van der Waals surface area contributed by atoms with Gasteiger partial charge in [0.15, 0.2) is 0 Å². The van der Waals surface area contributed by atoms with Crippen molar-refractivity contribution in [2.45, 2.75) is 31.7 Å². The molecular weight excluding hydrogens is 306 g/mol. The van der Waals surface area contributed by atoms with E-state index in [-0.39, 0.29) is 6.04 Å². The molecule has 1 fully saturated rings. The highest BCUT2D eigenvalue weighted by Gasteiger charge is 2.29. The summed E-state index contributed by atoms with van der Waals surface area (Å²) in [6.07, 6.45) is 6.11. The molecule has 24 heavy (non-hydrogen) atoms. The normalized spacial score (nSPS) is 15.2. The molecule has 7 nitrogen and oxygen atoms in total. The summed E-state index contributed by atoms with van der Waals surface area (Å²) in [5, 5.41) is 15.8. The SMILES string of the molecule is COc1ccc(-n2cc([C@@H](C)Nc3nnc(C4CC4)o3)cn2)cc1. The monoisotopic (exact) mass is 325 g/mol. The number of nitrogens with one attached hydrogen (secondary N) is 1. The first-order valence-corrected chi connectivity index (χ1v) is 8.02. The molecule has 0 spiro atoms. The standard InChI is InChI=1S/C17H19N5O2/c1-11(19-17-21-20-16(24-17)12-3-4-12)13-9-18-22(10-13)14-5-7-15(23-2)8-6-14/h5-12H,3-4H2,1-2H3,(H,19,21)/t11-/m1/s1. The van der Waals surface area contributed by atoms with Crippen molar-refractivity contribution >= 4 is 6.01 Å². The number of nitrogens with zero attached hydrogens (tertiary/aromatic N) is 4. The molecule has 124 valence electrons. The molecule has 1 aliphatic carbocycles. The predicted molar refractivity (Wildman–Crippen MR) is 88.4 cm³/mol. The Bertz CT molecular complexity index is 820. The fourth-order valence-electron chi connectivity index (χ4n) is 2.49. The number of rotatable bonds is 6. The molecule has 2 aromatic heterocycles. The molecule has 4 rings (SSSR count). The van der Waals surface area contributed by atoms with E-state index in [1.165, 1.54) is 0 Å². The molecule has 0 bridgehead atoms. The Morgan fingerprint density at radius 1 is 1.25 bits per heavy atom. The van der Waals surface area contributed by atoms with Crippen LogP contribution >= 0.6 is 0 Å². The van der Waals surface area contributed by atoms with Crippen molar-refractivity contribution in [2.75, 3.05) is 12.4 Å². The van der Waals surface area contributed by atoms with Crippen molar-refractivity contribution in [3.8, 4) is 11.4 Å². The molecule has 1 atom stereocenters. The lowest BCUT2D eigenvalue weighted by molar-refractivity contribution is 0.414. The maximum absolute atomic E-state index is 5.64. The van der Waals surface area contributed by atoms with E-state index in [0.717, 1.165) is 35.7 Å². The highest BCUT2D eigenvalue weighted by molar-refractivity contribution is 5.37.